The molecular formula is C26H32O12. The molecule has 2 aromatic rings. The second kappa shape index (κ2) is 17.0. The minimum atomic E-state index is -1.06. The first-order valence-electron chi connectivity index (χ1n) is 12.1. The molecule has 1 N–H and O–H groups in total. The van der Waals surface area contributed by atoms with Gasteiger partial charge in [-0.3, -0.25) is 4.79 Å². The predicted molar refractivity (Wildman–Crippen MR) is 132 cm³/mol. The minimum Gasteiger partial charge on any atom is -0.487 e. The standard InChI is InChI=1S/C26H32O12/c27-19-38-21-2-4-23-25(18-21)37-16-12-33-8-6-30-9-13-34-22-3-1-20(26(28)29)17-24(22)36-15-11-32-7-5-31-10-14-35-23/h1-4,17-19H,5-16H2,(H,28,29). The first-order valence-corrected chi connectivity index (χ1v) is 12.1. The van der Waals surface area contributed by atoms with E-state index in [0.717, 1.165) is 0 Å². The lowest BCUT2D eigenvalue weighted by Crippen LogP contribution is -2.15. The number of fused-ring (bicyclic) bond motifs is 2. The highest BCUT2D eigenvalue weighted by atomic mass is 16.6. The van der Waals surface area contributed by atoms with Gasteiger partial charge in [0.1, 0.15) is 32.2 Å². The molecule has 0 spiro atoms. The van der Waals surface area contributed by atoms with E-state index in [1.54, 1.807) is 24.3 Å². The summed E-state index contributed by atoms with van der Waals surface area (Å²) in [5.41, 5.74) is 0.0896. The highest BCUT2D eigenvalue weighted by Gasteiger charge is 2.12. The number of carbonyl (C=O) groups is 2. The van der Waals surface area contributed by atoms with Crippen molar-refractivity contribution in [3.8, 4) is 28.7 Å². The van der Waals surface area contributed by atoms with Gasteiger partial charge in [0.2, 0.25) is 0 Å². The molecule has 208 valence electrons. The number of hydrogen-bond acceptors (Lipinski definition) is 11. The fraction of sp³-hybridized carbons (Fsp3) is 0.462. The lowest BCUT2D eigenvalue weighted by Gasteiger charge is -2.15. The zero-order chi connectivity index (χ0) is 26.8. The number of hydrogen-bond donors (Lipinski definition) is 1. The second-order valence-corrected chi connectivity index (χ2v) is 7.63. The Morgan fingerprint density at radius 3 is 1.50 bits per heavy atom. The van der Waals surface area contributed by atoms with Gasteiger partial charge in [-0.1, -0.05) is 0 Å². The van der Waals surface area contributed by atoms with E-state index in [-0.39, 0.29) is 38.6 Å². The molecule has 0 atom stereocenters. The fourth-order valence-corrected chi connectivity index (χ4v) is 3.21. The van der Waals surface area contributed by atoms with Crippen LogP contribution < -0.4 is 23.7 Å². The third-order valence-electron chi connectivity index (χ3n) is 4.97. The Labute approximate surface area is 220 Å². The van der Waals surface area contributed by atoms with Crippen LogP contribution in [0.25, 0.3) is 0 Å². The van der Waals surface area contributed by atoms with Gasteiger partial charge in [0.05, 0.1) is 58.4 Å². The summed E-state index contributed by atoms with van der Waals surface area (Å²) in [6.07, 6.45) is 0. The number of carboxylic acid groups (broad SMARTS) is 1. The van der Waals surface area contributed by atoms with Gasteiger partial charge in [-0.05, 0) is 30.3 Å². The molecule has 0 aromatic heterocycles. The van der Waals surface area contributed by atoms with Gasteiger partial charge >= 0.3 is 5.97 Å². The minimum absolute atomic E-state index is 0.0896. The molecule has 0 bridgehead atoms. The zero-order valence-electron chi connectivity index (χ0n) is 21.0. The third-order valence-corrected chi connectivity index (χ3v) is 4.97. The van der Waals surface area contributed by atoms with Crippen LogP contribution in [0, 0.1) is 0 Å². The average Bonchev–Trinajstić information content (AvgIpc) is 2.91. The number of aromatic carboxylic acids is 1. The van der Waals surface area contributed by atoms with Crippen LogP contribution in [0.5, 0.6) is 28.7 Å². The van der Waals surface area contributed by atoms with E-state index in [4.69, 9.17) is 42.6 Å². The van der Waals surface area contributed by atoms with Crippen LogP contribution in [0.3, 0.4) is 0 Å². The molecular weight excluding hydrogens is 504 g/mol. The smallest absolute Gasteiger partial charge is 0.335 e. The molecule has 0 saturated carbocycles. The average molecular weight is 537 g/mol. The van der Waals surface area contributed by atoms with Crippen molar-refractivity contribution >= 4 is 12.4 Å². The van der Waals surface area contributed by atoms with Crippen molar-refractivity contribution in [2.24, 2.45) is 0 Å². The van der Waals surface area contributed by atoms with Gasteiger partial charge in [0.15, 0.2) is 23.0 Å². The summed E-state index contributed by atoms with van der Waals surface area (Å²) in [6.45, 7) is 3.86. The van der Waals surface area contributed by atoms with Gasteiger partial charge in [0, 0.05) is 6.07 Å². The van der Waals surface area contributed by atoms with Crippen molar-refractivity contribution in [2.75, 3.05) is 79.3 Å². The molecule has 1 aliphatic heterocycles. The number of carbonyl (C=O) groups excluding carboxylic acids is 1. The molecule has 38 heavy (non-hydrogen) atoms. The van der Waals surface area contributed by atoms with Gasteiger partial charge in [-0.2, -0.15) is 0 Å². The maximum atomic E-state index is 11.3. The van der Waals surface area contributed by atoms with Crippen molar-refractivity contribution in [1.29, 1.82) is 0 Å². The van der Waals surface area contributed by atoms with Crippen LogP contribution in [0.4, 0.5) is 0 Å². The summed E-state index contributed by atoms with van der Waals surface area (Å²) < 4.78 is 49.9. The molecule has 1 heterocycles. The van der Waals surface area contributed by atoms with Gasteiger partial charge in [0.25, 0.3) is 6.47 Å². The topological polar surface area (TPSA) is 137 Å². The van der Waals surface area contributed by atoms with Crippen molar-refractivity contribution in [1.82, 2.24) is 0 Å². The monoisotopic (exact) mass is 536 g/mol. The first kappa shape index (κ1) is 29.0. The zero-order valence-corrected chi connectivity index (χ0v) is 21.0. The summed E-state index contributed by atoms with van der Waals surface area (Å²) in [7, 11) is 0. The van der Waals surface area contributed by atoms with Crippen molar-refractivity contribution < 1.29 is 57.3 Å². The van der Waals surface area contributed by atoms with Crippen LogP contribution in [0.1, 0.15) is 10.4 Å². The molecule has 12 nitrogen and oxygen atoms in total. The largest absolute Gasteiger partial charge is 0.487 e. The molecule has 0 radical (unpaired) electrons. The van der Waals surface area contributed by atoms with E-state index in [9.17, 15) is 14.7 Å². The number of rotatable bonds is 3. The molecule has 1 aliphatic rings. The van der Waals surface area contributed by atoms with Gasteiger partial charge < -0.3 is 47.7 Å². The quantitative estimate of drug-likeness (QED) is 0.576. The highest BCUT2D eigenvalue weighted by Crippen LogP contribution is 2.31. The Bertz CT molecular complexity index is 996. The molecule has 0 saturated heterocycles. The summed E-state index contributed by atoms with van der Waals surface area (Å²) in [6, 6.07) is 9.22. The predicted octanol–water partition coefficient (Wildman–Crippen LogP) is 2.22. The molecule has 3 rings (SSSR count). The van der Waals surface area contributed by atoms with E-state index >= 15 is 0 Å². The lowest BCUT2D eigenvalue weighted by molar-refractivity contribution is -0.120. The molecule has 2 aromatic carbocycles. The Morgan fingerprint density at radius 2 is 1.03 bits per heavy atom. The van der Waals surface area contributed by atoms with E-state index in [1.807, 2.05) is 0 Å². The van der Waals surface area contributed by atoms with Crippen molar-refractivity contribution in [3.05, 3.63) is 42.0 Å². The normalized spacial score (nSPS) is 16.9. The summed E-state index contributed by atoms with van der Waals surface area (Å²) in [5.74, 6) is 0.873. The van der Waals surface area contributed by atoms with Crippen molar-refractivity contribution in [2.45, 2.75) is 0 Å². The SMILES string of the molecule is O=COc1ccc2c(c1)OCCOCCOCCOc1ccc(C(=O)O)cc1OCCOCCOCCO2. The summed E-state index contributed by atoms with van der Waals surface area (Å²) >= 11 is 0. The second-order valence-electron chi connectivity index (χ2n) is 7.63. The lowest BCUT2D eigenvalue weighted by atomic mass is 10.2. The maximum absolute atomic E-state index is 11.3. The third kappa shape index (κ3) is 10.4. The maximum Gasteiger partial charge on any atom is 0.335 e. The van der Waals surface area contributed by atoms with Crippen LogP contribution >= 0.6 is 0 Å². The Morgan fingerprint density at radius 1 is 0.605 bits per heavy atom. The van der Waals surface area contributed by atoms with E-state index in [0.29, 0.717) is 81.5 Å². The van der Waals surface area contributed by atoms with Gasteiger partial charge in [-0.25, -0.2) is 4.79 Å². The summed E-state index contributed by atoms with van der Waals surface area (Å²) in [4.78, 5) is 22.0. The molecule has 0 unspecified atom stereocenters. The van der Waals surface area contributed by atoms with Crippen molar-refractivity contribution in [3.63, 3.8) is 0 Å². The van der Waals surface area contributed by atoms with Gasteiger partial charge in [-0.15, -0.1) is 0 Å². The number of benzene rings is 2. The van der Waals surface area contributed by atoms with Crippen LogP contribution in [-0.4, -0.2) is 96.8 Å². The molecule has 12 heteroatoms. The fourth-order valence-electron chi connectivity index (χ4n) is 3.21. The van der Waals surface area contributed by atoms with Crippen LogP contribution in [0.15, 0.2) is 36.4 Å². The number of carboxylic acids is 1. The van der Waals surface area contributed by atoms with E-state index in [1.165, 1.54) is 12.1 Å². The Kier molecular flexibility index (Phi) is 13.0. The van der Waals surface area contributed by atoms with Crippen LogP contribution in [0.2, 0.25) is 0 Å². The molecule has 0 fully saturated rings. The molecule has 0 aliphatic carbocycles. The van der Waals surface area contributed by atoms with E-state index < -0.39 is 5.97 Å². The van der Waals surface area contributed by atoms with E-state index in [2.05, 4.69) is 0 Å². The Balaban J connectivity index is 1.53. The summed E-state index contributed by atoms with van der Waals surface area (Å²) in [5, 5.41) is 9.26. The molecule has 0 amide bonds. The number of ether oxygens (including phenoxy) is 9. The Hall–Kier alpha value is -3.58. The van der Waals surface area contributed by atoms with Crippen LogP contribution in [-0.2, 0) is 23.7 Å². The first-order chi connectivity index (χ1) is 18.7. The highest BCUT2D eigenvalue weighted by molar-refractivity contribution is 5.88.